The smallest absolute Gasteiger partial charge is 0.311 e. The molecule has 3 saturated heterocycles. The van der Waals surface area contributed by atoms with E-state index in [0.717, 1.165) is 0 Å². The minimum absolute atomic E-state index is 0.0725. The van der Waals surface area contributed by atoms with Gasteiger partial charge in [0.15, 0.2) is 18.7 Å². The summed E-state index contributed by atoms with van der Waals surface area (Å²) in [6.07, 6.45) is -6.97. The highest BCUT2D eigenvalue weighted by molar-refractivity contribution is 5.73. The summed E-state index contributed by atoms with van der Waals surface area (Å²) in [7, 11) is 7.12. The summed E-state index contributed by atoms with van der Waals surface area (Å²) in [6, 6.07) is 8.74. The number of nitrogens with zero attached hydrogens (tertiary/aromatic N) is 1. The molecule has 3 heterocycles. The molecule has 1 aromatic carbocycles. The second-order valence-electron chi connectivity index (χ2n) is 19.6. The molecule has 0 aromatic heterocycles. The van der Waals surface area contributed by atoms with Crippen LogP contribution < -0.4 is 15.4 Å². The Labute approximate surface area is 376 Å². The van der Waals surface area contributed by atoms with Crippen molar-refractivity contribution in [2.24, 2.45) is 17.8 Å². The Morgan fingerprint density at radius 1 is 0.937 bits per heavy atom. The number of carbonyl (C=O) groups excluding carboxylic acids is 1. The number of ether oxygens (including phenoxy) is 8. The van der Waals surface area contributed by atoms with Gasteiger partial charge in [0.05, 0.1) is 48.6 Å². The van der Waals surface area contributed by atoms with Gasteiger partial charge in [0, 0.05) is 45.7 Å². The number of hydrogen-bond donors (Lipinski definition) is 6. The molecule has 10 unspecified atom stereocenters. The van der Waals surface area contributed by atoms with Crippen molar-refractivity contribution in [3.05, 3.63) is 30.3 Å². The highest BCUT2D eigenvalue weighted by Crippen LogP contribution is 2.43. The molecule has 3 fully saturated rings. The number of hydrogen-bond acceptors (Lipinski definition) is 16. The van der Waals surface area contributed by atoms with Crippen LogP contribution in [0, 0.1) is 17.8 Å². The quantitative estimate of drug-likeness (QED) is 0.117. The molecule has 3 aliphatic heterocycles. The van der Waals surface area contributed by atoms with E-state index in [9.17, 15) is 25.2 Å². The van der Waals surface area contributed by atoms with Crippen LogP contribution in [0.25, 0.3) is 0 Å². The van der Waals surface area contributed by atoms with Gasteiger partial charge in [-0.2, -0.15) is 0 Å². The highest BCUT2D eigenvalue weighted by atomic mass is 16.7. The minimum atomic E-state index is -1.82. The lowest BCUT2D eigenvalue weighted by molar-refractivity contribution is -0.335. The zero-order valence-corrected chi connectivity index (χ0v) is 40.5. The number of likely N-dealkylation sites (N-methyl/N-ethyl adjacent to an activating group) is 1. The molecule has 0 bridgehead atoms. The third-order valence-corrected chi connectivity index (χ3v) is 14.1. The monoisotopic (exact) mass is 898 g/mol. The van der Waals surface area contributed by atoms with Gasteiger partial charge in [-0.1, -0.05) is 39.0 Å². The van der Waals surface area contributed by atoms with Crippen LogP contribution in [0.2, 0.25) is 0 Å². The van der Waals surface area contributed by atoms with E-state index < -0.39 is 95.5 Å². The summed E-state index contributed by atoms with van der Waals surface area (Å²) in [5, 5.41) is 54.9. The Morgan fingerprint density at radius 2 is 1.60 bits per heavy atom. The van der Waals surface area contributed by atoms with Crippen LogP contribution in [-0.2, 0) is 38.0 Å². The number of methoxy groups -OCH3 is 2. The third kappa shape index (κ3) is 12.7. The molecule has 0 aliphatic carbocycles. The maximum atomic E-state index is 14.6. The van der Waals surface area contributed by atoms with E-state index in [1.807, 2.05) is 65.2 Å². The summed E-state index contributed by atoms with van der Waals surface area (Å²) >= 11 is 0. The molecule has 0 spiro atoms. The molecule has 1 aromatic rings. The predicted octanol–water partition coefficient (Wildman–Crippen LogP) is 3.25. The standard InChI is InChI=1S/C47H83N3O13/c1-15-36-46(10,54)40(51)32(6)49-26-28(2)24-44(8,53)41(63-43-39(60-34-19-17-16-18-20-34)35(50(11)12)23-29(3)58-43)30(4)38(31(5)42(52)61-36)62-37-25-45(9,57-14)47(55,33(7)59-37)27-48-21-22-56-13/h16-20,28-33,35-41,43,48-49,51,53-55H,15,21-27H2,1-14H3/t28?,29-,30?,31?,32?,33+,35+,36?,37+,38?,39-,40?,41?,43+,44?,45-,46?,47+/m1/s1. The lowest BCUT2D eigenvalue weighted by atomic mass is 9.75. The second kappa shape index (κ2) is 22.6. The van der Waals surface area contributed by atoms with E-state index in [2.05, 4.69) is 15.5 Å². The van der Waals surface area contributed by atoms with Gasteiger partial charge in [0.25, 0.3) is 0 Å². The molecule has 364 valence electrons. The van der Waals surface area contributed by atoms with Gasteiger partial charge >= 0.3 is 5.97 Å². The Hall–Kier alpha value is -2.03. The number of cyclic esters (lactones) is 1. The fourth-order valence-electron chi connectivity index (χ4n) is 9.97. The molecular weight excluding hydrogens is 815 g/mol. The van der Waals surface area contributed by atoms with Crippen LogP contribution in [0.1, 0.15) is 94.9 Å². The van der Waals surface area contributed by atoms with E-state index in [0.29, 0.717) is 31.9 Å². The molecule has 63 heavy (non-hydrogen) atoms. The first kappa shape index (κ1) is 53.6. The fraction of sp³-hybridized carbons (Fsp3) is 0.851. The molecule has 16 heteroatoms. The Kier molecular flexibility index (Phi) is 19.3. The van der Waals surface area contributed by atoms with Crippen molar-refractivity contribution in [3.63, 3.8) is 0 Å². The van der Waals surface area contributed by atoms with Gasteiger partial charge in [0.1, 0.15) is 34.8 Å². The molecule has 16 nitrogen and oxygen atoms in total. The van der Waals surface area contributed by atoms with Crippen molar-refractivity contribution in [1.82, 2.24) is 15.5 Å². The lowest BCUT2D eigenvalue weighted by Crippen LogP contribution is -2.70. The molecule has 18 atom stereocenters. The number of esters is 1. The summed E-state index contributed by atoms with van der Waals surface area (Å²) in [4.78, 5) is 16.6. The van der Waals surface area contributed by atoms with Crippen molar-refractivity contribution in [1.29, 1.82) is 0 Å². The Bertz CT molecular complexity index is 1540. The largest absolute Gasteiger partial charge is 0.483 e. The molecule has 4 rings (SSSR count). The van der Waals surface area contributed by atoms with Crippen LogP contribution in [0.4, 0.5) is 0 Å². The molecule has 0 amide bonds. The van der Waals surface area contributed by atoms with E-state index in [-0.39, 0.29) is 43.9 Å². The number of rotatable bonds is 14. The first-order chi connectivity index (χ1) is 29.5. The maximum Gasteiger partial charge on any atom is 0.311 e. The Balaban J connectivity index is 1.84. The zero-order valence-electron chi connectivity index (χ0n) is 40.5. The number of aliphatic hydroxyl groups is 4. The molecule has 0 saturated carbocycles. The summed E-state index contributed by atoms with van der Waals surface area (Å²) in [5.41, 5.74) is -6.07. The average Bonchev–Trinajstić information content (AvgIpc) is 3.23. The van der Waals surface area contributed by atoms with Crippen LogP contribution in [0.15, 0.2) is 30.3 Å². The normalized spacial score (nSPS) is 43.8. The molecule has 6 N–H and O–H groups in total. The van der Waals surface area contributed by atoms with Crippen molar-refractivity contribution in [3.8, 4) is 5.75 Å². The number of benzene rings is 1. The SMILES string of the molecule is CCC1OC(=O)C(C)C(O[C@H]2C[C@@](C)(OC)[C@](O)(CNCCOC)[C@H](C)O2)C(C)C(O[C@@H]2O[C@H](C)C[C@H](N(C)C)[C@H]2Oc2ccccc2)C(C)(O)CC(C)CNC(C)C(O)C1(C)O. The zero-order chi connectivity index (χ0) is 47.1. The summed E-state index contributed by atoms with van der Waals surface area (Å²) < 4.78 is 51.3. The van der Waals surface area contributed by atoms with Crippen molar-refractivity contribution in [2.75, 3.05) is 54.6 Å². The van der Waals surface area contributed by atoms with Gasteiger partial charge in [-0.3, -0.25) is 4.79 Å². The van der Waals surface area contributed by atoms with Gasteiger partial charge in [0.2, 0.25) is 0 Å². The minimum Gasteiger partial charge on any atom is -0.483 e. The second-order valence-corrected chi connectivity index (χ2v) is 19.6. The van der Waals surface area contributed by atoms with Crippen molar-refractivity contribution < 1.29 is 63.1 Å². The lowest BCUT2D eigenvalue weighted by Gasteiger charge is -2.53. The Morgan fingerprint density at radius 3 is 2.21 bits per heavy atom. The van der Waals surface area contributed by atoms with Crippen LogP contribution in [0.3, 0.4) is 0 Å². The number of nitrogens with one attached hydrogen (secondary N) is 2. The van der Waals surface area contributed by atoms with E-state index >= 15 is 0 Å². The average molecular weight is 898 g/mol. The highest BCUT2D eigenvalue weighted by Gasteiger charge is 2.58. The molecular formula is C47H83N3O13. The third-order valence-electron chi connectivity index (χ3n) is 14.1. The van der Waals surface area contributed by atoms with E-state index in [4.69, 9.17) is 37.9 Å². The van der Waals surface area contributed by atoms with Gasteiger partial charge < -0.3 is 73.9 Å². The number of para-hydroxylation sites is 1. The summed E-state index contributed by atoms with van der Waals surface area (Å²) in [6.45, 7) is 19.3. The maximum absolute atomic E-state index is 14.6. The van der Waals surface area contributed by atoms with E-state index in [1.54, 1.807) is 48.7 Å². The van der Waals surface area contributed by atoms with E-state index in [1.165, 1.54) is 14.0 Å². The fourth-order valence-corrected chi connectivity index (χ4v) is 9.97. The van der Waals surface area contributed by atoms with Crippen molar-refractivity contribution >= 4 is 5.97 Å². The molecule has 0 radical (unpaired) electrons. The first-order valence-corrected chi connectivity index (χ1v) is 23.0. The van der Waals surface area contributed by atoms with Crippen molar-refractivity contribution in [2.45, 2.75) is 185 Å². The van der Waals surface area contributed by atoms with Gasteiger partial charge in [-0.25, -0.2) is 0 Å². The number of aliphatic hydroxyl groups excluding tert-OH is 1. The molecule has 3 aliphatic rings. The topological polar surface area (TPSA) is 199 Å². The summed E-state index contributed by atoms with van der Waals surface area (Å²) in [5.74, 6) is -2.03. The van der Waals surface area contributed by atoms with Crippen LogP contribution in [0.5, 0.6) is 5.75 Å². The van der Waals surface area contributed by atoms with Crippen LogP contribution >= 0.6 is 0 Å². The van der Waals surface area contributed by atoms with Crippen LogP contribution in [-0.4, -0.2) is 176 Å². The first-order valence-electron chi connectivity index (χ1n) is 23.0. The number of carbonyl (C=O) groups is 1. The van der Waals surface area contributed by atoms with Gasteiger partial charge in [-0.05, 0) is 106 Å². The predicted molar refractivity (Wildman–Crippen MR) is 238 cm³/mol. The van der Waals surface area contributed by atoms with Gasteiger partial charge in [-0.15, -0.1) is 0 Å².